The van der Waals surface area contributed by atoms with Gasteiger partial charge in [0.1, 0.15) is 0 Å². The topological polar surface area (TPSA) is 0 Å². The Morgan fingerprint density at radius 1 is 1.22 bits per heavy atom. The van der Waals surface area contributed by atoms with E-state index in [9.17, 15) is 0 Å². The maximum atomic E-state index is 2.43. The van der Waals surface area contributed by atoms with Gasteiger partial charge < -0.3 is 0 Å². The van der Waals surface area contributed by atoms with Crippen molar-refractivity contribution in [1.82, 2.24) is 0 Å². The standard InChI is InChI=1S/C8H20S/c1-6-7-9(4,5)8(2)3/h8H,6-7H2,1-5H3. The van der Waals surface area contributed by atoms with Gasteiger partial charge >= 0.3 is 0 Å². The Morgan fingerprint density at radius 2 is 1.67 bits per heavy atom. The van der Waals surface area contributed by atoms with Crippen LogP contribution in [0.25, 0.3) is 0 Å². The van der Waals surface area contributed by atoms with E-state index in [4.69, 9.17) is 0 Å². The van der Waals surface area contributed by atoms with E-state index >= 15 is 0 Å². The SMILES string of the molecule is CCCS(C)(C)C(C)C. The predicted molar refractivity (Wildman–Crippen MR) is 49.7 cm³/mol. The molecule has 58 valence electrons. The van der Waals surface area contributed by atoms with Gasteiger partial charge in [0, 0.05) is 0 Å². The normalized spacial score (nSPS) is 14.4. The zero-order valence-electron chi connectivity index (χ0n) is 7.40. The monoisotopic (exact) mass is 148 g/mol. The van der Waals surface area contributed by atoms with Crippen LogP contribution in [0.3, 0.4) is 0 Å². The summed E-state index contributed by atoms with van der Waals surface area (Å²) in [5.74, 6) is 1.44. The molecule has 0 rings (SSSR count). The van der Waals surface area contributed by atoms with Crippen LogP contribution in [0.2, 0.25) is 0 Å². The molecule has 9 heavy (non-hydrogen) atoms. The van der Waals surface area contributed by atoms with Crippen LogP contribution >= 0.6 is 10.0 Å². The molecule has 1 heteroatoms. The molecule has 0 aliphatic carbocycles. The number of rotatable bonds is 3. The fourth-order valence-corrected chi connectivity index (χ4v) is 2.29. The van der Waals surface area contributed by atoms with Gasteiger partial charge in [0.15, 0.2) is 0 Å². The smallest absolute Gasteiger partial charge is 0.0173 e. The third kappa shape index (κ3) is 3.14. The van der Waals surface area contributed by atoms with Gasteiger partial charge in [-0.1, -0.05) is 20.8 Å². The maximum Gasteiger partial charge on any atom is -0.0173 e. The molecular weight excluding hydrogens is 128 g/mol. The highest BCUT2D eigenvalue weighted by Crippen LogP contribution is 2.45. The third-order valence-corrected chi connectivity index (χ3v) is 6.02. The first kappa shape index (κ1) is 9.35. The van der Waals surface area contributed by atoms with Crippen molar-refractivity contribution in [3.8, 4) is 0 Å². The van der Waals surface area contributed by atoms with Gasteiger partial charge in [0.05, 0.1) is 0 Å². The second kappa shape index (κ2) is 3.50. The van der Waals surface area contributed by atoms with Crippen molar-refractivity contribution in [3.05, 3.63) is 0 Å². The minimum Gasteiger partial charge on any atom is -0.244 e. The summed E-state index contributed by atoms with van der Waals surface area (Å²) in [6, 6.07) is 0. The van der Waals surface area contributed by atoms with Crippen molar-refractivity contribution >= 4 is 10.0 Å². The van der Waals surface area contributed by atoms with Crippen molar-refractivity contribution in [2.45, 2.75) is 32.4 Å². The Kier molecular flexibility index (Phi) is 3.64. The Hall–Kier alpha value is 0.350. The fourth-order valence-electron chi connectivity index (χ4n) is 0.762. The molecule has 0 aliphatic heterocycles. The first-order valence-electron chi connectivity index (χ1n) is 3.70. The number of hydrogen-bond donors (Lipinski definition) is 0. The van der Waals surface area contributed by atoms with Gasteiger partial charge in [-0.3, -0.25) is 0 Å². The van der Waals surface area contributed by atoms with Crippen LogP contribution < -0.4 is 0 Å². The maximum absolute atomic E-state index is 2.43. The zero-order valence-corrected chi connectivity index (χ0v) is 8.22. The average molecular weight is 148 g/mol. The highest BCUT2D eigenvalue weighted by molar-refractivity contribution is 8.33. The van der Waals surface area contributed by atoms with Crippen LogP contribution in [-0.4, -0.2) is 23.5 Å². The number of hydrogen-bond acceptors (Lipinski definition) is 0. The summed E-state index contributed by atoms with van der Waals surface area (Å²) in [4.78, 5) is 0. The summed E-state index contributed by atoms with van der Waals surface area (Å²) < 4.78 is 0. The van der Waals surface area contributed by atoms with Gasteiger partial charge in [0.25, 0.3) is 0 Å². The first-order chi connectivity index (χ1) is 4.00. The van der Waals surface area contributed by atoms with Crippen LogP contribution in [0.4, 0.5) is 0 Å². The predicted octanol–water partition coefficient (Wildman–Crippen LogP) is 2.87. The van der Waals surface area contributed by atoms with Gasteiger partial charge in [-0.05, 0) is 29.9 Å². The first-order valence-corrected chi connectivity index (χ1v) is 6.38. The lowest BCUT2D eigenvalue weighted by Crippen LogP contribution is -2.11. The van der Waals surface area contributed by atoms with Gasteiger partial charge in [0.2, 0.25) is 0 Å². The van der Waals surface area contributed by atoms with E-state index < -0.39 is 0 Å². The minimum absolute atomic E-state index is 0.248. The molecule has 0 fully saturated rings. The van der Waals surface area contributed by atoms with Gasteiger partial charge in [-0.25, -0.2) is 10.0 Å². The van der Waals surface area contributed by atoms with Crippen molar-refractivity contribution in [3.63, 3.8) is 0 Å². The minimum atomic E-state index is -0.248. The summed E-state index contributed by atoms with van der Waals surface area (Å²) in [6.07, 6.45) is 6.21. The van der Waals surface area contributed by atoms with E-state index in [0.717, 1.165) is 5.25 Å². The van der Waals surface area contributed by atoms with Crippen LogP contribution in [0, 0.1) is 0 Å². The second-order valence-corrected chi connectivity index (χ2v) is 7.97. The van der Waals surface area contributed by atoms with E-state index in [1.165, 1.54) is 12.2 Å². The highest BCUT2D eigenvalue weighted by atomic mass is 32.3. The average Bonchev–Trinajstić information content (AvgIpc) is 1.65. The third-order valence-electron chi connectivity index (χ3n) is 2.01. The molecular formula is C8H20S. The molecule has 0 aromatic rings. The Balaban J connectivity index is 3.70. The Labute approximate surface area is 61.4 Å². The van der Waals surface area contributed by atoms with Crippen molar-refractivity contribution in [1.29, 1.82) is 0 Å². The van der Waals surface area contributed by atoms with E-state index in [1.54, 1.807) is 0 Å². The van der Waals surface area contributed by atoms with Gasteiger partial charge in [-0.15, -0.1) is 0 Å². The molecule has 0 atom stereocenters. The van der Waals surface area contributed by atoms with Crippen molar-refractivity contribution in [2.24, 2.45) is 0 Å². The summed E-state index contributed by atoms with van der Waals surface area (Å²) in [5, 5.41) is 0.900. The molecule has 0 nitrogen and oxygen atoms in total. The highest BCUT2D eigenvalue weighted by Gasteiger charge is 2.13. The molecule has 0 bridgehead atoms. The Morgan fingerprint density at radius 3 is 1.78 bits per heavy atom. The molecule has 0 unspecified atom stereocenters. The molecule has 0 aromatic heterocycles. The molecule has 0 radical (unpaired) electrons. The fraction of sp³-hybridized carbons (Fsp3) is 1.00. The van der Waals surface area contributed by atoms with Crippen LogP contribution in [-0.2, 0) is 0 Å². The molecule has 0 spiro atoms. The molecule has 0 saturated heterocycles. The zero-order chi connectivity index (χ0) is 7.49. The lowest BCUT2D eigenvalue weighted by molar-refractivity contribution is 1.04. The summed E-state index contributed by atoms with van der Waals surface area (Å²) in [7, 11) is -0.248. The van der Waals surface area contributed by atoms with E-state index in [1.807, 2.05) is 0 Å². The van der Waals surface area contributed by atoms with Crippen LogP contribution in [0.5, 0.6) is 0 Å². The lowest BCUT2D eigenvalue weighted by atomic mass is 10.6. The van der Waals surface area contributed by atoms with Crippen LogP contribution in [0.15, 0.2) is 0 Å². The molecule has 0 heterocycles. The second-order valence-electron chi connectivity index (χ2n) is 3.38. The molecule has 0 aromatic carbocycles. The van der Waals surface area contributed by atoms with Gasteiger partial charge in [-0.2, -0.15) is 0 Å². The van der Waals surface area contributed by atoms with E-state index in [0.29, 0.717) is 0 Å². The van der Waals surface area contributed by atoms with Crippen molar-refractivity contribution in [2.75, 3.05) is 18.3 Å². The summed E-state index contributed by atoms with van der Waals surface area (Å²) in [5.41, 5.74) is 0. The van der Waals surface area contributed by atoms with Crippen molar-refractivity contribution < 1.29 is 0 Å². The Bertz CT molecular complexity index is 74.6. The molecule has 0 aliphatic rings. The molecule has 0 saturated carbocycles. The molecule has 0 N–H and O–H groups in total. The lowest BCUT2D eigenvalue weighted by Gasteiger charge is -2.35. The summed E-state index contributed by atoms with van der Waals surface area (Å²) in [6.45, 7) is 6.95. The molecule has 0 amide bonds. The summed E-state index contributed by atoms with van der Waals surface area (Å²) >= 11 is 0. The van der Waals surface area contributed by atoms with E-state index in [2.05, 4.69) is 33.3 Å². The van der Waals surface area contributed by atoms with E-state index in [-0.39, 0.29) is 10.0 Å². The quantitative estimate of drug-likeness (QED) is 0.577. The van der Waals surface area contributed by atoms with Crippen LogP contribution in [0.1, 0.15) is 27.2 Å². The largest absolute Gasteiger partial charge is 0.244 e.